The number of hydrogen-bond donors (Lipinski definition) is 2. The van der Waals surface area contributed by atoms with Crippen LogP contribution in [0.3, 0.4) is 0 Å². The Balaban J connectivity index is 1.75. The summed E-state index contributed by atoms with van der Waals surface area (Å²) in [5.41, 5.74) is 4.72. The first-order valence-corrected chi connectivity index (χ1v) is 9.29. The molecule has 2 aliphatic rings. The van der Waals surface area contributed by atoms with Crippen LogP contribution >= 0.6 is 11.3 Å². The van der Waals surface area contributed by atoms with Crippen LogP contribution in [0.1, 0.15) is 24.0 Å². The Morgan fingerprint density at radius 1 is 1.25 bits per heavy atom. The Hall–Kier alpha value is -2.11. The van der Waals surface area contributed by atoms with E-state index < -0.39 is 0 Å². The van der Waals surface area contributed by atoms with Gasteiger partial charge in [-0.1, -0.05) is 18.2 Å². The van der Waals surface area contributed by atoms with Gasteiger partial charge in [-0.25, -0.2) is 0 Å². The molecule has 0 atom stereocenters. The zero-order chi connectivity index (χ0) is 16.5. The molecule has 4 rings (SSSR count). The molecule has 124 valence electrons. The van der Waals surface area contributed by atoms with E-state index in [0.717, 1.165) is 54.0 Å². The summed E-state index contributed by atoms with van der Waals surface area (Å²) in [7, 11) is 2.16. The maximum atomic E-state index is 12.6. The lowest BCUT2D eigenvalue weighted by molar-refractivity contribution is -0.110. The zero-order valence-electron chi connectivity index (χ0n) is 13.7. The number of amides is 1. The number of benzene rings is 1. The fourth-order valence-corrected chi connectivity index (χ4v) is 4.08. The van der Waals surface area contributed by atoms with Crippen LogP contribution in [0.25, 0.3) is 11.3 Å². The van der Waals surface area contributed by atoms with E-state index in [4.69, 9.17) is 0 Å². The van der Waals surface area contributed by atoms with Gasteiger partial charge in [0, 0.05) is 28.2 Å². The normalized spacial score (nSPS) is 20.6. The Morgan fingerprint density at radius 3 is 2.79 bits per heavy atom. The number of thiophene rings is 1. The molecule has 0 spiro atoms. The molecule has 0 radical (unpaired) electrons. The van der Waals surface area contributed by atoms with E-state index in [9.17, 15) is 4.79 Å². The molecular formula is C19H21N3OS. The van der Waals surface area contributed by atoms with E-state index in [1.165, 1.54) is 0 Å². The zero-order valence-corrected chi connectivity index (χ0v) is 14.5. The summed E-state index contributed by atoms with van der Waals surface area (Å²) < 4.78 is 0. The Labute approximate surface area is 146 Å². The number of fused-ring (bicyclic) bond motifs is 1. The minimum absolute atomic E-state index is 0.0159. The van der Waals surface area contributed by atoms with Gasteiger partial charge in [-0.2, -0.15) is 11.3 Å². The highest BCUT2D eigenvalue weighted by molar-refractivity contribution is 7.08. The molecule has 5 heteroatoms. The van der Waals surface area contributed by atoms with Crippen LogP contribution in [0.4, 0.5) is 5.69 Å². The van der Waals surface area contributed by atoms with Crippen molar-refractivity contribution >= 4 is 34.2 Å². The summed E-state index contributed by atoms with van der Waals surface area (Å²) in [4.78, 5) is 15.0. The summed E-state index contributed by atoms with van der Waals surface area (Å²) in [6.45, 7) is 2.18. The molecule has 3 heterocycles. The number of anilines is 1. The summed E-state index contributed by atoms with van der Waals surface area (Å²) >= 11 is 1.66. The summed E-state index contributed by atoms with van der Waals surface area (Å²) in [5, 5.41) is 10.9. The number of piperidine rings is 1. The van der Waals surface area contributed by atoms with Crippen molar-refractivity contribution in [3.63, 3.8) is 0 Å². The molecule has 1 saturated heterocycles. The average Bonchev–Trinajstić information content (AvgIpc) is 3.22. The number of nitrogens with zero attached hydrogens (tertiary/aromatic N) is 1. The molecule has 24 heavy (non-hydrogen) atoms. The molecular weight excluding hydrogens is 318 g/mol. The second-order valence-electron chi connectivity index (χ2n) is 6.48. The highest BCUT2D eigenvalue weighted by Gasteiger charge is 2.29. The number of rotatable bonds is 3. The number of carbonyl (C=O) groups is 1. The van der Waals surface area contributed by atoms with E-state index >= 15 is 0 Å². The minimum Gasteiger partial charge on any atom is -0.381 e. The summed E-state index contributed by atoms with van der Waals surface area (Å²) in [6.07, 6.45) is 2.20. The van der Waals surface area contributed by atoms with E-state index in [0.29, 0.717) is 6.04 Å². The Morgan fingerprint density at radius 2 is 2.04 bits per heavy atom. The van der Waals surface area contributed by atoms with Gasteiger partial charge >= 0.3 is 0 Å². The first-order chi connectivity index (χ1) is 11.7. The summed E-state index contributed by atoms with van der Waals surface area (Å²) in [6, 6.07) is 10.4. The number of carbonyl (C=O) groups excluding carboxylic acids is 1. The van der Waals surface area contributed by atoms with Crippen molar-refractivity contribution in [3.05, 3.63) is 52.2 Å². The predicted octanol–water partition coefficient (Wildman–Crippen LogP) is 3.25. The standard InChI is InChI=1S/C19H21N3OS/c1-22-9-6-14(7-10-22)20-18(13-8-11-24-12-13)17-15-4-2-3-5-16(15)21-19(17)23/h2-5,8,11-12,14,20H,6-7,9-10H2,1H3,(H,21,23). The van der Waals surface area contributed by atoms with Crippen LogP contribution in [-0.4, -0.2) is 37.0 Å². The van der Waals surface area contributed by atoms with Crippen LogP contribution in [0.2, 0.25) is 0 Å². The van der Waals surface area contributed by atoms with Gasteiger partial charge in [0.25, 0.3) is 5.91 Å². The van der Waals surface area contributed by atoms with Gasteiger partial charge in [-0.15, -0.1) is 0 Å². The molecule has 0 saturated carbocycles. The molecule has 2 aromatic rings. The Bertz CT molecular complexity index is 774. The van der Waals surface area contributed by atoms with Gasteiger partial charge in [0.2, 0.25) is 0 Å². The van der Waals surface area contributed by atoms with Crippen molar-refractivity contribution in [1.29, 1.82) is 0 Å². The van der Waals surface area contributed by atoms with E-state index in [-0.39, 0.29) is 5.91 Å². The van der Waals surface area contributed by atoms with Gasteiger partial charge in [-0.05, 0) is 50.5 Å². The number of likely N-dealkylation sites (tertiary alicyclic amines) is 1. The fraction of sp³-hybridized carbons (Fsp3) is 0.316. The third-order valence-electron chi connectivity index (χ3n) is 4.80. The first-order valence-electron chi connectivity index (χ1n) is 8.35. The van der Waals surface area contributed by atoms with Crippen molar-refractivity contribution in [1.82, 2.24) is 10.2 Å². The quantitative estimate of drug-likeness (QED) is 0.844. The molecule has 2 aliphatic heterocycles. The van der Waals surface area contributed by atoms with Crippen molar-refractivity contribution in [2.24, 2.45) is 0 Å². The van der Waals surface area contributed by atoms with Gasteiger partial charge < -0.3 is 15.5 Å². The van der Waals surface area contributed by atoms with Crippen LogP contribution in [0, 0.1) is 0 Å². The molecule has 1 aromatic carbocycles. The van der Waals surface area contributed by atoms with E-state index in [1.807, 2.05) is 24.3 Å². The molecule has 4 nitrogen and oxygen atoms in total. The lowest BCUT2D eigenvalue weighted by Gasteiger charge is -2.31. The smallest absolute Gasteiger partial charge is 0.258 e. The Kier molecular flexibility index (Phi) is 4.12. The molecule has 1 amide bonds. The third-order valence-corrected chi connectivity index (χ3v) is 5.48. The maximum Gasteiger partial charge on any atom is 0.258 e. The van der Waals surface area contributed by atoms with Crippen molar-refractivity contribution < 1.29 is 4.79 Å². The van der Waals surface area contributed by atoms with Crippen LogP contribution in [0.5, 0.6) is 0 Å². The molecule has 0 bridgehead atoms. The topological polar surface area (TPSA) is 44.4 Å². The van der Waals surface area contributed by atoms with Crippen LogP contribution in [0.15, 0.2) is 41.1 Å². The highest BCUT2D eigenvalue weighted by atomic mass is 32.1. The number of para-hydroxylation sites is 1. The highest BCUT2D eigenvalue weighted by Crippen LogP contribution is 2.36. The second kappa shape index (κ2) is 6.42. The predicted molar refractivity (Wildman–Crippen MR) is 99.9 cm³/mol. The minimum atomic E-state index is -0.0159. The lowest BCUT2D eigenvalue weighted by Crippen LogP contribution is -2.40. The molecule has 1 aromatic heterocycles. The van der Waals surface area contributed by atoms with Crippen LogP contribution < -0.4 is 10.6 Å². The van der Waals surface area contributed by atoms with Gasteiger partial charge in [-0.3, -0.25) is 4.79 Å². The molecule has 1 fully saturated rings. The van der Waals surface area contributed by atoms with Gasteiger partial charge in [0.15, 0.2) is 0 Å². The maximum absolute atomic E-state index is 12.6. The first kappa shape index (κ1) is 15.4. The SMILES string of the molecule is CN1CCC(NC(=C2C(=O)Nc3ccccc32)c2ccsc2)CC1. The second-order valence-corrected chi connectivity index (χ2v) is 7.26. The fourth-order valence-electron chi connectivity index (χ4n) is 3.43. The molecule has 2 N–H and O–H groups in total. The summed E-state index contributed by atoms with van der Waals surface area (Å²) in [5.74, 6) is -0.0159. The lowest BCUT2D eigenvalue weighted by atomic mass is 9.99. The molecule has 0 aliphatic carbocycles. The number of nitrogens with one attached hydrogen (secondary N) is 2. The van der Waals surface area contributed by atoms with Crippen molar-refractivity contribution in [2.75, 3.05) is 25.5 Å². The van der Waals surface area contributed by atoms with E-state index in [1.54, 1.807) is 11.3 Å². The van der Waals surface area contributed by atoms with Crippen molar-refractivity contribution in [3.8, 4) is 0 Å². The van der Waals surface area contributed by atoms with Crippen molar-refractivity contribution in [2.45, 2.75) is 18.9 Å². The monoisotopic (exact) mass is 339 g/mol. The largest absolute Gasteiger partial charge is 0.381 e. The molecule has 0 unspecified atom stereocenters. The van der Waals surface area contributed by atoms with Crippen LogP contribution in [-0.2, 0) is 4.79 Å². The van der Waals surface area contributed by atoms with Gasteiger partial charge in [0.05, 0.1) is 11.3 Å². The average molecular weight is 339 g/mol. The third kappa shape index (κ3) is 2.85. The number of hydrogen-bond acceptors (Lipinski definition) is 4. The van der Waals surface area contributed by atoms with E-state index in [2.05, 4.69) is 39.4 Å². The van der Waals surface area contributed by atoms with Gasteiger partial charge in [0.1, 0.15) is 0 Å².